The Morgan fingerprint density at radius 2 is 1.51 bits per heavy atom. The van der Waals surface area contributed by atoms with Gasteiger partial charge in [0.2, 0.25) is 10.0 Å². The summed E-state index contributed by atoms with van der Waals surface area (Å²) in [5, 5.41) is 2.91. The average Bonchev–Trinajstić information content (AvgIpc) is 2.79. The molecule has 1 aliphatic heterocycles. The van der Waals surface area contributed by atoms with Gasteiger partial charge in [-0.25, -0.2) is 17.5 Å². The van der Waals surface area contributed by atoms with Crippen molar-refractivity contribution in [1.82, 2.24) is 9.62 Å². The third-order valence-electron chi connectivity index (χ3n) is 7.30. The lowest BCUT2D eigenvalue weighted by Gasteiger charge is -2.33. The molecule has 2 saturated carbocycles. The molecule has 0 aromatic carbocycles. The first-order chi connectivity index (χ1) is 16.0. The van der Waals surface area contributed by atoms with Gasteiger partial charge in [-0.2, -0.15) is 0 Å². The number of rotatable bonds is 6. The molecular weight excluding hydrogens is 488 g/mol. The lowest BCUT2D eigenvalue weighted by Crippen LogP contribution is -2.47. The standard InChI is InChI=1S/C13H26N2O2.C12H24N2O2S.ClH/c1-13(2,3)17-12(16)15-11(9-14)10-7-5-4-6-8-10;13-12(11-6-2-1-3-7-11)10-14-8-4-5-9-17(14,15)16;/h10-11H,4-9,14H2,1-3H3,(H,15,16);11-12H,1-10,13H2;1H/t11-;12-;/m11./s1. The van der Waals surface area contributed by atoms with Gasteiger partial charge in [0.1, 0.15) is 5.60 Å². The van der Waals surface area contributed by atoms with Crippen LogP contribution in [0, 0.1) is 11.8 Å². The highest BCUT2D eigenvalue weighted by Crippen LogP contribution is 2.27. The Morgan fingerprint density at radius 1 is 0.971 bits per heavy atom. The van der Waals surface area contributed by atoms with E-state index in [0.29, 0.717) is 37.2 Å². The maximum Gasteiger partial charge on any atom is 0.407 e. The van der Waals surface area contributed by atoms with E-state index >= 15 is 0 Å². The third kappa shape index (κ3) is 12.0. The van der Waals surface area contributed by atoms with Crippen molar-refractivity contribution in [3.05, 3.63) is 0 Å². The number of amides is 1. The van der Waals surface area contributed by atoms with Gasteiger partial charge in [0.15, 0.2) is 0 Å². The first kappa shape index (κ1) is 32.4. The maximum atomic E-state index is 11.9. The van der Waals surface area contributed by atoms with Gasteiger partial charge in [-0.05, 0) is 71.1 Å². The van der Waals surface area contributed by atoms with Gasteiger partial charge in [-0.1, -0.05) is 38.5 Å². The number of ether oxygens (including phenoxy) is 1. The topological polar surface area (TPSA) is 128 Å². The van der Waals surface area contributed by atoms with Crippen LogP contribution in [0.5, 0.6) is 0 Å². The third-order valence-corrected chi connectivity index (χ3v) is 9.22. The summed E-state index contributed by atoms with van der Waals surface area (Å²) in [6.45, 7) is 7.29. The molecule has 2 aliphatic carbocycles. The largest absolute Gasteiger partial charge is 0.444 e. The van der Waals surface area contributed by atoms with Crippen LogP contribution in [0.1, 0.15) is 97.8 Å². The quantitative estimate of drug-likeness (QED) is 0.466. The fourth-order valence-corrected chi connectivity index (χ4v) is 6.99. The Hall–Kier alpha value is -0.610. The van der Waals surface area contributed by atoms with Crippen molar-refractivity contribution in [2.45, 2.75) is 116 Å². The summed E-state index contributed by atoms with van der Waals surface area (Å²) in [4.78, 5) is 11.7. The van der Waals surface area contributed by atoms with E-state index in [1.165, 1.54) is 51.4 Å². The first-order valence-corrected chi connectivity index (χ1v) is 15.1. The van der Waals surface area contributed by atoms with Crippen molar-refractivity contribution < 1.29 is 17.9 Å². The van der Waals surface area contributed by atoms with Crippen LogP contribution in [-0.2, 0) is 14.8 Å². The lowest BCUT2D eigenvalue weighted by molar-refractivity contribution is 0.0480. The summed E-state index contributed by atoms with van der Waals surface area (Å²) >= 11 is 0. The summed E-state index contributed by atoms with van der Waals surface area (Å²) in [7, 11) is -3.00. The second-order valence-electron chi connectivity index (χ2n) is 11.3. The van der Waals surface area contributed by atoms with Crippen molar-refractivity contribution in [3.8, 4) is 0 Å². The molecule has 3 rings (SSSR count). The van der Waals surface area contributed by atoms with Crippen molar-refractivity contribution in [2.75, 3.05) is 25.4 Å². The molecule has 0 aromatic rings. The van der Waals surface area contributed by atoms with Crippen molar-refractivity contribution >= 4 is 28.5 Å². The second-order valence-corrected chi connectivity index (χ2v) is 13.4. The summed E-state index contributed by atoms with van der Waals surface area (Å²) in [6, 6.07) is 0.0910. The van der Waals surface area contributed by atoms with E-state index < -0.39 is 15.6 Å². The molecule has 0 bridgehead atoms. The molecule has 1 amide bonds. The summed E-state index contributed by atoms with van der Waals surface area (Å²) in [5.41, 5.74) is 11.5. The van der Waals surface area contributed by atoms with E-state index in [0.717, 1.165) is 25.7 Å². The fourth-order valence-electron chi connectivity index (χ4n) is 5.36. The number of halogens is 1. The van der Waals surface area contributed by atoms with Crippen LogP contribution in [0.25, 0.3) is 0 Å². The minimum atomic E-state index is -3.00. The van der Waals surface area contributed by atoms with Crippen LogP contribution < -0.4 is 16.8 Å². The molecule has 1 heterocycles. The SMILES string of the molecule is CC(C)(C)OC(=O)N[C@H](CN)C1CCCCC1.Cl.N[C@H](CN1CCCCS1(=O)=O)C1CCCCC1. The summed E-state index contributed by atoms with van der Waals surface area (Å²) in [6.07, 6.45) is 13.7. The number of nitrogens with two attached hydrogens (primary N) is 2. The Morgan fingerprint density at radius 3 is 2.00 bits per heavy atom. The van der Waals surface area contributed by atoms with Gasteiger partial charge >= 0.3 is 6.09 Å². The normalized spacial score (nSPS) is 23.7. The van der Waals surface area contributed by atoms with E-state index in [2.05, 4.69) is 5.32 Å². The molecule has 10 heteroatoms. The van der Waals surface area contributed by atoms with Gasteiger partial charge in [0.05, 0.1) is 5.75 Å². The van der Waals surface area contributed by atoms with Gasteiger partial charge in [-0.3, -0.25) is 0 Å². The highest BCUT2D eigenvalue weighted by molar-refractivity contribution is 7.89. The molecule has 3 fully saturated rings. The van der Waals surface area contributed by atoms with Crippen LogP contribution in [0.15, 0.2) is 0 Å². The van der Waals surface area contributed by atoms with Crippen LogP contribution in [-0.4, -0.2) is 61.9 Å². The average molecular weight is 539 g/mol. The molecule has 208 valence electrons. The number of carbonyl (C=O) groups is 1. The predicted octanol–water partition coefficient (Wildman–Crippen LogP) is 4.16. The molecule has 0 spiro atoms. The lowest BCUT2D eigenvalue weighted by atomic mass is 9.84. The number of alkyl carbamates (subject to hydrolysis) is 1. The number of carbonyl (C=O) groups excluding carboxylic acids is 1. The summed E-state index contributed by atoms with van der Waals surface area (Å²) in [5.74, 6) is 1.35. The number of hydrogen-bond donors (Lipinski definition) is 3. The molecule has 0 aromatic heterocycles. The Kier molecular flexibility index (Phi) is 14.4. The van der Waals surface area contributed by atoms with Crippen molar-refractivity contribution in [1.29, 1.82) is 0 Å². The zero-order chi connectivity index (χ0) is 25.2. The number of hydrogen-bond acceptors (Lipinski definition) is 6. The zero-order valence-corrected chi connectivity index (χ0v) is 23.8. The highest BCUT2D eigenvalue weighted by atomic mass is 35.5. The fraction of sp³-hybridized carbons (Fsp3) is 0.960. The van der Waals surface area contributed by atoms with Gasteiger partial charge in [0.25, 0.3) is 0 Å². The molecule has 1 saturated heterocycles. The van der Waals surface area contributed by atoms with E-state index in [1.54, 1.807) is 4.31 Å². The minimum Gasteiger partial charge on any atom is -0.444 e. The maximum absolute atomic E-state index is 11.9. The molecule has 2 atom stereocenters. The Bertz CT molecular complexity index is 705. The van der Waals surface area contributed by atoms with Crippen LogP contribution in [0.3, 0.4) is 0 Å². The smallest absolute Gasteiger partial charge is 0.407 e. The van der Waals surface area contributed by atoms with E-state index in [1.807, 2.05) is 20.8 Å². The van der Waals surface area contributed by atoms with Gasteiger partial charge in [0, 0.05) is 31.7 Å². The molecule has 5 N–H and O–H groups in total. The number of nitrogens with one attached hydrogen (secondary N) is 1. The van der Waals surface area contributed by atoms with Gasteiger partial charge < -0.3 is 21.5 Å². The Labute approximate surface area is 220 Å². The molecule has 0 unspecified atom stereocenters. The van der Waals surface area contributed by atoms with Crippen LogP contribution in [0.4, 0.5) is 4.79 Å². The molecule has 3 aliphatic rings. The highest BCUT2D eigenvalue weighted by Gasteiger charge is 2.30. The van der Waals surface area contributed by atoms with E-state index in [4.69, 9.17) is 16.2 Å². The number of nitrogens with zero attached hydrogens (tertiary/aromatic N) is 1. The first-order valence-electron chi connectivity index (χ1n) is 13.4. The minimum absolute atomic E-state index is 0. The molecule has 8 nitrogen and oxygen atoms in total. The van der Waals surface area contributed by atoms with E-state index in [9.17, 15) is 13.2 Å². The zero-order valence-electron chi connectivity index (χ0n) is 22.2. The molecule has 35 heavy (non-hydrogen) atoms. The molecular formula is C25H51ClN4O4S. The van der Waals surface area contributed by atoms with Crippen LogP contribution >= 0.6 is 12.4 Å². The van der Waals surface area contributed by atoms with Crippen molar-refractivity contribution in [3.63, 3.8) is 0 Å². The molecule has 0 radical (unpaired) electrons. The number of sulfonamides is 1. The monoisotopic (exact) mass is 538 g/mol. The van der Waals surface area contributed by atoms with Crippen molar-refractivity contribution in [2.24, 2.45) is 23.3 Å². The summed E-state index contributed by atoms with van der Waals surface area (Å²) < 4.78 is 30.6. The predicted molar refractivity (Wildman–Crippen MR) is 145 cm³/mol. The van der Waals surface area contributed by atoms with Crippen LogP contribution in [0.2, 0.25) is 0 Å². The van der Waals surface area contributed by atoms with E-state index in [-0.39, 0.29) is 30.6 Å². The second kappa shape index (κ2) is 15.6. The van der Waals surface area contributed by atoms with Gasteiger partial charge in [-0.15, -0.1) is 12.4 Å². The Balaban J connectivity index is 0.000000340.